The van der Waals surface area contributed by atoms with Gasteiger partial charge in [-0.05, 0) is 24.8 Å². The Kier molecular flexibility index (Phi) is 2.64. The van der Waals surface area contributed by atoms with Crippen LogP contribution in [-0.4, -0.2) is 29.6 Å². The molecule has 92 valence electrons. The molecule has 1 saturated carbocycles. The fourth-order valence-corrected chi connectivity index (χ4v) is 3.01. The lowest BCUT2D eigenvalue weighted by Gasteiger charge is -2.09. The standard InChI is InChI=1S/C12H16ClN3O/c1-2-16-6-7(13)3-10(16)12(17)15-11-8-4-14-5-9(8)11/h3,6,8-9,11,14H,2,4-5H2,1H3,(H,15,17). The molecule has 2 N–H and O–H groups in total. The lowest BCUT2D eigenvalue weighted by atomic mass is 10.3. The lowest BCUT2D eigenvalue weighted by molar-refractivity contribution is 0.0937. The number of nitrogens with zero attached hydrogens (tertiary/aromatic N) is 1. The van der Waals surface area contributed by atoms with Crippen molar-refractivity contribution in [3.63, 3.8) is 0 Å². The van der Waals surface area contributed by atoms with Crippen molar-refractivity contribution in [3.05, 3.63) is 23.0 Å². The minimum atomic E-state index is -0.00171. The zero-order valence-corrected chi connectivity index (χ0v) is 10.5. The number of fused-ring (bicyclic) bond motifs is 1. The van der Waals surface area contributed by atoms with Crippen LogP contribution in [0.3, 0.4) is 0 Å². The van der Waals surface area contributed by atoms with Gasteiger partial charge >= 0.3 is 0 Å². The zero-order valence-electron chi connectivity index (χ0n) is 9.74. The minimum Gasteiger partial charge on any atom is -0.347 e. The number of rotatable bonds is 3. The SMILES string of the molecule is CCn1cc(Cl)cc1C(=O)NC1C2CNCC21. The molecule has 2 atom stereocenters. The number of carbonyl (C=O) groups is 1. The van der Waals surface area contributed by atoms with Crippen LogP contribution in [-0.2, 0) is 6.54 Å². The van der Waals surface area contributed by atoms with Crippen LogP contribution in [0.2, 0.25) is 5.02 Å². The molecule has 3 rings (SSSR count). The molecule has 2 fully saturated rings. The number of aryl methyl sites for hydroxylation is 1. The Morgan fingerprint density at radius 1 is 1.59 bits per heavy atom. The molecule has 0 spiro atoms. The first-order valence-electron chi connectivity index (χ1n) is 6.08. The van der Waals surface area contributed by atoms with Crippen molar-refractivity contribution >= 4 is 17.5 Å². The van der Waals surface area contributed by atoms with Crippen molar-refractivity contribution in [3.8, 4) is 0 Å². The van der Waals surface area contributed by atoms with E-state index in [0.29, 0.717) is 28.6 Å². The summed E-state index contributed by atoms with van der Waals surface area (Å²) in [4.78, 5) is 12.1. The van der Waals surface area contributed by atoms with E-state index in [1.54, 1.807) is 12.3 Å². The van der Waals surface area contributed by atoms with Crippen LogP contribution >= 0.6 is 11.6 Å². The average molecular weight is 254 g/mol. The molecule has 17 heavy (non-hydrogen) atoms. The molecule has 0 radical (unpaired) electrons. The summed E-state index contributed by atoms with van der Waals surface area (Å²) in [6.45, 7) is 4.83. The summed E-state index contributed by atoms with van der Waals surface area (Å²) >= 11 is 5.93. The third-order valence-electron chi connectivity index (χ3n) is 3.83. The number of hydrogen-bond donors (Lipinski definition) is 2. The molecule has 0 bridgehead atoms. The highest BCUT2D eigenvalue weighted by molar-refractivity contribution is 6.31. The van der Waals surface area contributed by atoms with E-state index in [4.69, 9.17) is 11.6 Å². The Morgan fingerprint density at radius 2 is 2.29 bits per heavy atom. The number of carbonyl (C=O) groups excluding carboxylic acids is 1. The van der Waals surface area contributed by atoms with Crippen LogP contribution in [0.1, 0.15) is 17.4 Å². The molecule has 4 nitrogen and oxygen atoms in total. The number of piperidine rings is 1. The van der Waals surface area contributed by atoms with E-state index in [2.05, 4.69) is 10.6 Å². The summed E-state index contributed by atoms with van der Waals surface area (Å²) in [6, 6.07) is 2.10. The predicted molar refractivity (Wildman–Crippen MR) is 66.2 cm³/mol. The van der Waals surface area contributed by atoms with Gasteiger partial charge in [-0.15, -0.1) is 0 Å². The second-order valence-electron chi connectivity index (χ2n) is 4.81. The molecule has 1 amide bonds. The Morgan fingerprint density at radius 3 is 2.94 bits per heavy atom. The second kappa shape index (κ2) is 4.03. The van der Waals surface area contributed by atoms with Gasteiger partial charge in [0.2, 0.25) is 0 Å². The predicted octanol–water partition coefficient (Wildman–Crippen LogP) is 1.11. The van der Waals surface area contributed by atoms with Gasteiger partial charge in [-0.1, -0.05) is 11.6 Å². The van der Waals surface area contributed by atoms with Crippen LogP contribution in [0.15, 0.2) is 12.3 Å². The lowest BCUT2D eigenvalue weighted by Crippen LogP contribution is -2.33. The third kappa shape index (κ3) is 1.85. The van der Waals surface area contributed by atoms with Crippen molar-refractivity contribution in [2.45, 2.75) is 19.5 Å². The monoisotopic (exact) mass is 253 g/mol. The highest BCUT2D eigenvalue weighted by Gasteiger charge is 2.53. The number of halogens is 1. The number of amides is 1. The van der Waals surface area contributed by atoms with Crippen molar-refractivity contribution in [2.75, 3.05) is 13.1 Å². The average Bonchev–Trinajstić information content (AvgIpc) is 2.75. The maximum absolute atomic E-state index is 12.1. The van der Waals surface area contributed by atoms with Crippen molar-refractivity contribution in [1.29, 1.82) is 0 Å². The van der Waals surface area contributed by atoms with Crippen LogP contribution in [0.4, 0.5) is 0 Å². The van der Waals surface area contributed by atoms with E-state index in [1.165, 1.54) is 0 Å². The van der Waals surface area contributed by atoms with Crippen LogP contribution in [0.5, 0.6) is 0 Å². The first kappa shape index (κ1) is 11.1. The second-order valence-corrected chi connectivity index (χ2v) is 5.25. The normalized spacial score (nSPS) is 30.1. The number of nitrogens with one attached hydrogen (secondary N) is 2. The topological polar surface area (TPSA) is 46.1 Å². The van der Waals surface area contributed by atoms with E-state index in [-0.39, 0.29) is 5.91 Å². The molecule has 1 saturated heterocycles. The maximum atomic E-state index is 12.1. The van der Waals surface area contributed by atoms with Gasteiger partial charge in [0.25, 0.3) is 5.91 Å². The Labute approximate surface area is 105 Å². The third-order valence-corrected chi connectivity index (χ3v) is 4.03. The molecule has 1 aromatic rings. The molecule has 1 aliphatic heterocycles. The molecule has 2 heterocycles. The van der Waals surface area contributed by atoms with Gasteiger partial charge in [0.05, 0.1) is 5.02 Å². The van der Waals surface area contributed by atoms with Crippen molar-refractivity contribution in [2.24, 2.45) is 11.8 Å². The van der Waals surface area contributed by atoms with Crippen molar-refractivity contribution in [1.82, 2.24) is 15.2 Å². The number of aromatic nitrogens is 1. The summed E-state index contributed by atoms with van der Waals surface area (Å²) in [5.41, 5.74) is 0.662. The Bertz CT molecular complexity index is 447. The summed E-state index contributed by atoms with van der Waals surface area (Å²) in [5.74, 6) is 1.28. The van der Waals surface area contributed by atoms with E-state index in [1.807, 2.05) is 11.5 Å². The van der Waals surface area contributed by atoms with Gasteiger partial charge in [-0.2, -0.15) is 0 Å². The summed E-state index contributed by atoms with van der Waals surface area (Å²) in [7, 11) is 0. The molecule has 0 aromatic carbocycles. The fraction of sp³-hybridized carbons (Fsp3) is 0.583. The van der Waals surface area contributed by atoms with Crippen molar-refractivity contribution < 1.29 is 4.79 Å². The fourth-order valence-electron chi connectivity index (χ4n) is 2.78. The van der Waals surface area contributed by atoms with Crippen LogP contribution in [0, 0.1) is 11.8 Å². The summed E-state index contributed by atoms with van der Waals surface area (Å²) in [5, 5.41) is 7.04. The van der Waals surface area contributed by atoms with E-state index in [9.17, 15) is 4.79 Å². The van der Waals surface area contributed by atoms with E-state index in [0.717, 1.165) is 19.6 Å². The molecule has 2 aliphatic rings. The van der Waals surface area contributed by atoms with Gasteiger partial charge in [0.15, 0.2) is 0 Å². The quantitative estimate of drug-likeness (QED) is 0.848. The smallest absolute Gasteiger partial charge is 0.268 e. The number of hydrogen-bond acceptors (Lipinski definition) is 2. The molecule has 1 aliphatic carbocycles. The molecular weight excluding hydrogens is 238 g/mol. The van der Waals surface area contributed by atoms with Gasteiger partial charge < -0.3 is 15.2 Å². The van der Waals surface area contributed by atoms with Gasteiger partial charge in [-0.25, -0.2) is 0 Å². The molecular formula is C12H16ClN3O. The molecule has 1 aromatic heterocycles. The zero-order chi connectivity index (χ0) is 12.0. The van der Waals surface area contributed by atoms with Gasteiger partial charge in [0, 0.05) is 31.9 Å². The minimum absolute atomic E-state index is 0.00171. The first-order chi connectivity index (χ1) is 8.20. The van der Waals surface area contributed by atoms with Crippen LogP contribution in [0.25, 0.3) is 0 Å². The van der Waals surface area contributed by atoms with Gasteiger partial charge in [0.1, 0.15) is 5.69 Å². The van der Waals surface area contributed by atoms with Gasteiger partial charge in [-0.3, -0.25) is 4.79 Å². The van der Waals surface area contributed by atoms with E-state index >= 15 is 0 Å². The highest BCUT2D eigenvalue weighted by atomic mass is 35.5. The summed E-state index contributed by atoms with van der Waals surface area (Å²) in [6.07, 6.45) is 1.80. The largest absolute Gasteiger partial charge is 0.347 e. The highest BCUT2D eigenvalue weighted by Crippen LogP contribution is 2.41. The Balaban J connectivity index is 1.69. The van der Waals surface area contributed by atoms with E-state index < -0.39 is 0 Å². The molecule has 2 unspecified atom stereocenters. The summed E-state index contributed by atoms with van der Waals surface area (Å²) < 4.78 is 1.88. The maximum Gasteiger partial charge on any atom is 0.268 e. The van der Waals surface area contributed by atoms with Crippen LogP contribution < -0.4 is 10.6 Å². The first-order valence-corrected chi connectivity index (χ1v) is 6.45. The molecule has 5 heteroatoms. The Hall–Kier alpha value is -1.00.